The second-order valence-electron chi connectivity index (χ2n) is 5.15. The highest BCUT2D eigenvalue weighted by molar-refractivity contribution is 5.79. The number of aryl methyl sites for hydroxylation is 2. The van der Waals surface area contributed by atoms with Crippen molar-refractivity contribution < 1.29 is 18.3 Å². The highest BCUT2D eigenvalue weighted by Crippen LogP contribution is 2.31. The van der Waals surface area contributed by atoms with Crippen LogP contribution in [0.15, 0.2) is 18.2 Å². The summed E-state index contributed by atoms with van der Waals surface area (Å²) in [7, 11) is 0. The van der Waals surface area contributed by atoms with Crippen LogP contribution in [0.2, 0.25) is 0 Å². The van der Waals surface area contributed by atoms with Gasteiger partial charge in [0.2, 0.25) is 0 Å². The number of cyclic esters (lactones) is 1. The van der Waals surface area contributed by atoms with Gasteiger partial charge < -0.3 is 10.1 Å². The lowest BCUT2D eigenvalue weighted by Gasteiger charge is -2.12. The first-order valence-corrected chi connectivity index (χ1v) is 6.49. The number of hydrogen-bond acceptors (Lipinski definition) is 3. The quantitative estimate of drug-likeness (QED) is 0.855. The molecule has 1 aliphatic heterocycles. The zero-order valence-corrected chi connectivity index (χ0v) is 10.4. The van der Waals surface area contributed by atoms with Crippen molar-refractivity contribution in [3.8, 4) is 0 Å². The summed E-state index contributed by atoms with van der Waals surface area (Å²) >= 11 is 0. The van der Waals surface area contributed by atoms with Crippen molar-refractivity contribution in [2.45, 2.75) is 37.7 Å². The Bertz CT molecular complexity index is 516. The molecule has 0 saturated carbocycles. The fourth-order valence-electron chi connectivity index (χ4n) is 2.68. The number of anilines is 1. The van der Waals surface area contributed by atoms with Crippen LogP contribution in [0.5, 0.6) is 0 Å². The van der Waals surface area contributed by atoms with Crippen molar-refractivity contribution in [2.24, 2.45) is 0 Å². The second-order valence-corrected chi connectivity index (χ2v) is 5.15. The Morgan fingerprint density at radius 1 is 1.32 bits per heavy atom. The summed E-state index contributed by atoms with van der Waals surface area (Å²) in [6.45, 7) is 0.222. The number of carbonyl (C=O) groups excluding carboxylic acids is 1. The molecule has 0 spiro atoms. The molecule has 1 fully saturated rings. The number of nitrogens with one attached hydrogen (secondary N) is 1. The number of fused-ring (bicyclic) bond motifs is 1. The molecule has 5 heteroatoms. The summed E-state index contributed by atoms with van der Waals surface area (Å²) in [5, 5.41) is 3.06. The molecule has 19 heavy (non-hydrogen) atoms. The Morgan fingerprint density at radius 3 is 2.84 bits per heavy atom. The van der Waals surface area contributed by atoms with Crippen molar-refractivity contribution in [1.82, 2.24) is 0 Å². The molecule has 1 N–H and O–H groups in total. The van der Waals surface area contributed by atoms with Gasteiger partial charge in [-0.3, -0.25) is 0 Å². The fraction of sp³-hybridized carbons (Fsp3) is 0.500. The minimum Gasteiger partial charge on any atom is -0.456 e. The van der Waals surface area contributed by atoms with E-state index in [2.05, 4.69) is 22.2 Å². The lowest BCUT2D eigenvalue weighted by Crippen LogP contribution is -2.22. The SMILES string of the molecule is O=C1OC(CNc2ccc3c(c2)CCC3)CC1(F)F. The third-order valence-electron chi connectivity index (χ3n) is 3.69. The number of halogens is 2. The van der Waals surface area contributed by atoms with E-state index in [1.54, 1.807) is 0 Å². The van der Waals surface area contributed by atoms with Crippen LogP contribution in [-0.2, 0) is 22.4 Å². The number of rotatable bonds is 3. The maximum atomic E-state index is 13.0. The number of esters is 1. The van der Waals surface area contributed by atoms with Gasteiger partial charge in [-0.05, 0) is 42.5 Å². The third-order valence-corrected chi connectivity index (χ3v) is 3.69. The van der Waals surface area contributed by atoms with E-state index >= 15 is 0 Å². The monoisotopic (exact) mass is 267 g/mol. The van der Waals surface area contributed by atoms with Crippen LogP contribution in [0.1, 0.15) is 24.0 Å². The van der Waals surface area contributed by atoms with E-state index in [0.29, 0.717) is 0 Å². The predicted molar refractivity (Wildman–Crippen MR) is 66.4 cm³/mol. The molecule has 1 heterocycles. The van der Waals surface area contributed by atoms with Gasteiger partial charge in [0.15, 0.2) is 0 Å². The first kappa shape index (κ1) is 12.4. The molecule has 3 rings (SSSR count). The Labute approximate surface area is 109 Å². The molecule has 1 saturated heterocycles. The minimum absolute atomic E-state index is 0.222. The van der Waals surface area contributed by atoms with Crippen LogP contribution >= 0.6 is 0 Å². The number of carbonyl (C=O) groups is 1. The van der Waals surface area contributed by atoms with Crippen LogP contribution in [0.4, 0.5) is 14.5 Å². The van der Waals surface area contributed by atoms with Crippen molar-refractivity contribution in [1.29, 1.82) is 0 Å². The van der Waals surface area contributed by atoms with E-state index < -0.39 is 24.4 Å². The van der Waals surface area contributed by atoms with Gasteiger partial charge in [0.1, 0.15) is 6.10 Å². The number of hydrogen-bond donors (Lipinski definition) is 1. The van der Waals surface area contributed by atoms with Crippen LogP contribution in [0.3, 0.4) is 0 Å². The zero-order valence-electron chi connectivity index (χ0n) is 10.4. The molecule has 0 radical (unpaired) electrons. The molecule has 3 nitrogen and oxygen atoms in total. The number of ether oxygens (including phenoxy) is 1. The Hall–Kier alpha value is -1.65. The molecule has 1 aromatic carbocycles. The van der Waals surface area contributed by atoms with Gasteiger partial charge in [0.25, 0.3) is 0 Å². The normalized spacial score (nSPS) is 24.1. The zero-order chi connectivity index (χ0) is 13.5. The van der Waals surface area contributed by atoms with Crippen LogP contribution in [-0.4, -0.2) is 24.5 Å². The summed E-state index contributed by atoms with van der Waals surface area (Å²) in [6.07, 6.45) is 2.06. The van der Waals surface area contributed by atoms with Crippen LogP contribution in [0.25, 0.3) is 0 Å². The van der Waals surface area contributed by atoms with Gasteiger partial charge in [-0.25, -0.2) is 4.79 Å². The molecular formula is C14H15F2NO2. The lowest BCUT2D eigenvalue weighted by atomic mass is 10.1. The largest absolute Gasteiger partial charge is 0.456 e. The highest BCUT2D eigenvalue weighted by atomic mass is 19.3. The van der Waals surface area contributed by atoms with E-state index in [9.17, 15) is 13.6 Å². The fourth-order valence-corrected chi connectivity index (χ4v) is 2.68. The highest BCUT2D eigenvalue weighted by Gasteiger charge is 2.50. The van der Waals surface area contributed by atoms with E-state index in [-0.39, 0.29) is 6.54 Å². The first-order valence-electron chi connectivity index (χ1n) is 6.49. The molecule has 1 atom stereocenters. The van der Waals surface area contributed by atoms with Gasteiger partial charge in [-0.15, -0.1) is 0 Å². The average Bonchev–Trinajstić information content (AvgIpc) is 2.91. The van der Waals surface area contributed by atoms with Crippen molar-refractivity contribution >= 4 is 11.7 Å². The summed E-state index contributed by atoms with van der Waals surface area (Å²) < 4.78 is 30.6. The van der Waals surface area contributed by atoms with Crippen molar-refractivity contribution in [2.75, 3.05) is 11.9 Å². The predicted octanol–water partition coefficient (Wildman–Crippen LogP) is 2.54. The van der Waals surface area contributed by atoms with Gasteiger partial charge in [0, 0.05) is 5.69 Å². The van der Waals surface area contributed by atoms with E-state index in [1.807, 2.05) is 6.07 Å². The average molecular weight is 267 g/mol. The van der Waals surface area contributed by atoms with Crippen molar-refractivity contribution in [3.05, 3.63) is 29.3 Å². The molecule has 1 unspecified atom stereocenters. The van der Waals surface area contributed by atoms with E-state index in [4.69, 9.17) is 0 Å². The summed E-state index contributed by atoms with van der Waals surface area (Å²) in [4.78, 5) is 10.9. The molecular weight excluding hydrogens is 252 g/mol. The number of alkyl halides is 2. The summed E-state index contributed by atoms with van der Waals surface area (Å²) in [5.41, 5.74) is 3.58. The molecule has 0 amide bonds. The summed E-state index contributed by atoms with van der Waals surface area (Å²) in [6, 6.07) is 6.07. The van der Waals surface area contributed by atoms with Crippen molar-refractivity contribution in [3.63, 3.8) is 0 Å². The van der Waals surface area contributed by atoms with Gasteiger partial charge in [0.05, 0.1) is 13.0 Å². The van der Waals surface area contributed by atoms with Gasteiger partial charge >= 0.3 is 11.9 Å². The smallest absolute Gasteiger partial charge is 0.377 e. The Balaban J connectivity index is 1.60. The van der Waals surface area contributed by atoms with Gasteiger partial charge in [-0.2, -0.15) is 8.78 Å². The van der Waals surface area contributed by atoms with Crippen LogP contribution in [0, 0.1) is 0 Å². The molecule has 102 valence electrons. The number of benzene rings is 1. The second kappa shape index (κ2) is 4.47. The molecule has 1 aliphatic carbocycles. The molecule has 0 bridgehead atoms. The maximum Gasteiger partial charge on any atom is 0.377 e. The topological polar surface area (TPSA) is 38.3 Å². The Kier molecular flexibility index (Phi) is 2.92. The molecule has 0 aromatic heterocycles. The molecule has 1 aromatic rings. The molecule has 2 aliphatic rings. The van der Waals surface area contributed by atoms with Crippen LogP contribution < -0.4 is 5.32 Å². The minimum atomic E-state index is -3.33. The Morgan fingerprint density at radius 2 is 2.11 bits per heavy atom. The standard InChI is InChI=1S/C14H15F2NO2/c15-14(16)7-12(19-13(14)18)8-17-11-5-4-9-2-1-3-10(9)6-11/h4-6,12,17H,1-3,7-8H2. The first-order chi connectivity index (χ1) is 9.04. The van der Waals surface area contributed by atoms with E-state index in [0.717, 1.165) is 18.5 Å². The van der Waals surface area contributed by atoms with Gasteiger partial charge in [-0.1, -0.05) is 6.07 Å². The summed E-state index contributed by atoms with van der Waals surface area (Å²) in [5.74, 6) is -4.74. The third kappa shape index (κ3) is 2.41. The lowest BCUT2D eigenvalue weighted by molar-refractivity contribution is -0.158. The van der Waals surface area contributed by atoms with E-state index in [1.165, 1.54) is 17.5 Å². The maximum absolute atomic E-state index is 13.0.